The summed E-state index contributed by atoms with van der Waals surface area (Å²) >= 11 is 2.79. The molecule has 8 heteroatoms. The van der Waals surface area contributed by atoms with Crippen LogP contribution >= 0.6 is 23.1 Å². The van der Waals surface area contributed by atoms with Crippen LogP contribution in [0.4, 0.5) is 4.39 Å². The monoisotopic (exact) mass is 367 g/mol. The Balaban J connectivity index is 1.62. The van der Waals surface area contributed by atoms with Gasteiger partial charge in [0.25, 0.3) is 0 Å². The van der Waals surface area contributed by atoms with Crippen LogP contribution in [0.5, 0.6) is 0 Å². The van der Waals surface area contributed by atoms with Crippen molar-refractivity contribution >= 4 is 29.0 Å². The Labute approximate surface area is 148 Å². The van der Waals surface area contributed by atoms with Crippen molar-refractivity contribution in [2.45, 2.75) is 22.6 Å². The number of hydrogen-bond acceptors (Lipinski definition) is 6. The second-order valence-corrected chi connectivity index (χ2v) is 7.73. The molecule has 0 bridgehead atoms. The van der Waals surface area contributed by atoms with Gasteiger partial charge in [-0.2, -0.15) is 0 Å². The average Bonchev–Trinajstić information content (AvgIpc) is 3.13. The lowest BCUT2D eigenvalue weighted by Gasteiger charge is -2.38. The molecule has 0 radical (unpaired) electrons. The summed E-state index contributed by atoms with van der Waals surface area (Å²) in [4.78, 5) is 12.1. The number of nitrogens with zero attached hydrogens (tertiary/aromatic N) is 2. The van der Waals surface area contributed by atoms with Crippen LogP contribution < -0.4 is 5.32 Å². The van der Waals surface area contributed by atoms with E-state index in [0.29, 0.717) is 25.5 Å². The predicted octanol–water partition coefficient (Wildman–Crippen LogP) is 2.63. The summed E-state index contributed by atoms with van der Waals surface area (Å²) in [6.07, 6.45) is 1.62. The third-order valence-corrected chi connectivity index (χ3v) is 6.06. The summed E-state index contributed by atoms with van der Waals surface area (Å²) < 4.78 is 19.5. The molecule has 0 saturated carbocycles. The fourth-order valence-electron chi connectivity index (χ4n) is 2.81. The van der Waals surface area contributed by atoms with E-state index in [1.54, 1.807) is 5.51 Å². The van der Waals surface area contributed by atoms with Gasteiger partial charge in [0.05, 0.1) is 5.75 Å². The molecule has 0 aliphatic carbocycles. The van der Waals surface area contributed by atoms with Crippen LogP contribution in [0.3, 0.4) is 0 Å². The van der Waals surface area contributed by atoms with Crippen molar-refractivity contribution in [3.63, 3.8) is 0 Å². The molecule has 0 spiro atoms. The SMILES string of the molecule is O=C(CSc1nncs1)NCC1(c2ccc(F)cc2)CCOCC1. The minimum absolute atomic E-state index is 0.0387. The van der Waals surface area contributed by atoms with E-state index in [4.69, 9.17) is 4.74 Å². The number of thioether (sulfide) groups is 1. The van der Waals surface area contributed by atoms with Gasteiger partial charge >= 0.3 is 0 Å². The molecule has 1 aromatic heterocycles. The van der Waals surface area contributed by atoms with Crippen molar-refractivity contribution in [1.29, 1.82) is 0 Å². The molecule has 0 unspecified atom stereocenters. The number of carbonyl (C=O) groups is 1. The van der Waals surface area contributed by atoms with Crippen molar-refractivity contribution in [1.82, 2.24) is 15.5 Å². The van der Waals surface area contributed by atoms with Gasteiger partial charge in [0, 0.05) is 25.2 Å². The van der Waals surface area contributed by atoms with E-state index in [2.05, 4.69) is 15.5 Å². The van der Waals surface area contributed by atoms with Crippen LogP contribution in [0.25, 0.3) is 0 Å². The minimum atomic E-state index is -0.251. The first-order valence-corrected chi connectivity index (χ1v) is 9.54. The Kier molecular flexibility index (Phi) is 5.80. The van der Waals surface area contributed by atoms with Gasteiger partial charge < -0.3 is 10.1 Å². The number of amides is 1. The van der Waals surface area contributed by atoms with Crippen molar-refractivity contribution in [3.05, 3.63) is 41.2 Å². The Hall–Kier alpha value is -1.51. The third kappa shape index (κ3) is 4.31. The average molecular weight is 367 g/mol. The molecule has 1 aromatic carbocycles. The van der Waals surface area contributed by atoms with Crippen molar-refractivity contribution in [2.75, 3.05) is 25.5 Å². The van der Waals surface area contributed by atoms with Gasteiger partial charge in [-0.25, -0.2) is 4.39 Å². The maximum absolute atomic E-state index is 13.2. The topological polar surface area (TPSA) is 64.1 Å². The number of benzene rings is 1. The molecule has 128 valence electrons. The standard InChI is InChI=1S/C16H18FN3O2S2/c17-13-3-1-12(2-4-13)16(5-7-22-8-6-16)10-18-14(21)9-23-15-20-19-11-24-15/h1-4,11H,5-10H2,(H,18,21). The smallest absolute Gasteiger partial charge is 0.230 e. The van der Waals surface area contributed by atoms with Crippen LogP contribution in [0.15, 0.2) is 34.1 Å². The molecule has 3 rings (SSSR count). The Morgan fingerprint density at radius 2 is 2.08 bits per heavy atom. The van der Waals surface area contributed by atoms with Gasteiger partial charge in [-0.3, -0.25) is 4.79 Å². The van der Waals surface area contributed by atoms with Crippen molar-refractivity contribution < 1.29 is 13.9 Å². The van der Waals surface area contributed by atoms with Gasteiger partial charge in [0.15, 0.2) is 4.34 Å². The number of aromatic nitrogens is 2. The summed E-state index contributed by atoms with van der Waals surface area (Å²) in [5, 5.41) is 10.7. The second kappa shape index (κ2) is 8.04. The molecule has 1 N–H and O–H groups in total. The van der Waals surface area contributed by atoms with Gasteiger partial charge in [0.1, 0.15) is 11.3 Å². The van der Waals surface area contributed by atoms with Crippen LogP contribution in [0.2, 0.25) is 0 Å². The highest BCUT2D eigenvalue weighted by Gasteiger charge is 2.34. The van der Waals surface area contributed by atoms with Crippen LogP contribution in [-0.4, -0.2) is 41.6 Å². The van der Waals surface area contributed by atoms with E-state index in [0.717, 1.165) is 22.7 Å². The lowest BCUT2D eigenvalue weighted by atomic mass is 9.74. The Bertz CT molecular complexity index is 658. The van der Waals surface area contributed by atoms with Crippen molar-refractivity contribution in [3.8, 4) is 0 Å². The summed E-state index contributed by atoms with van der Waals surface area (Å²) in [6.45, 7) is 1.82. The fraction of sp³-hybridized carbons (Fsp3) is 0.438. The minimum Gasteiger partial charge on any atom is -0.381 e. The quantitative estimate of drug-likeness (QED) is 0.795. The maximum atomic E-state index is 13.2. The van der Waals surface area contributed by atoms with E-state index in [-0.39, 0.29) is 17.1 Å². The molecule has 1 aliphatic rings. The molecule has 0 atom stereocenters. The van der Waals surface area contributed by atoms with E-state index in [1.807, 2.05) is 12.1 Å². The maximum Gasteiger partial charge on any atom is 0.230 e. The molecule has 1 saturated heterocycles. The number of carbonyl (C=O) groups excluding carboxylic acids is 1. The first kappa shape index (κ1) is 17.3. The number of rotatable bonds is 6. The summed E-state index contributed by atoms with van der Waals surface area (Å²) in [5.74, 6) is 0.0205. The molecule has 24 heavy (non-hydrogen) atoms. The highest BCUT2D eigenvalue weighted by Crippen LogP contribution is 2.34. The number of halogens is 1. The van der Waals surface area contributed by atoms with Crippen LogP contribution in [-0.2, 0) is 14.9 Å². The molecule has 2 heterocycles. The molecule has 1 amide bonds. The van der Waals surface area contributed by atoms with Gasteiger partial charge in [-0.15, -0.1) is 10.2 Å². The summed E-state index contributed by atoms with van der Waals surface area (Å²) in [6, 6.07) is 6.56. The van der Waals surface area contributed by atoms with Gasteiger partial charge in [0.2, 0.25) is 5.91 Å². The van der Waals surface area contributed by atoms with Crippen LogP contribution in [0.1, 0.15) is 18.4 Å². The second-order valence-electron chi connectivity index (χ2n) is 5.67. The van der Waals surface area contributed by atoms with Crippen LogP contribution in [0, 0.1) is 5.82 Å². The zero-order valence-corrected chi connectivity index (χ0v) is 14.7. The largest absolute Gasteiger partial charge is 0.381 e. The number of nitrogens with one attached hydrogen (secondary N) is 1. The lowest BCUT2D eigenvalue weighted by molar-refractivity contribution is -0.119. The highest BCUT2D eigenvalue weighted by molar-refractivity contribution is 8.01. The molecule has 1 fully saturated rings. The molecule has 2 aromatic rings. The van der Waals surface area contributed by atoms with E-state index in [1.165, 1.54) is 35.2 Å². The van der Waals surface area contributed by atoms with Gasteiger partial charge in [-0.1, -0.05) is 35.2 Å². The normalized spacial score (nSPS) is 16.7. The number of ether oxygens (including phenoxy) is 1. The zero-order chi connectivity index (χ0) is 16.8. The lowest BCUT2D eigenvalue weighted by Crippen LogP contribution is -2.45. The Morgan fingerprint density at radius 1 is 1.33 bits per heavy atom. The molecular formula is C16H18FN3O2S2. The van der Waals surface area contributed by atoms with E-state index in [9.17, 15) is 9.18 Å². The Morgan fingerprint density at radius 3 is 2.75 bits per heavy atom. The molecule has 1 aliphatic heterocycles. The van der Waals surface area contributed by atoms with Gasteiger partial charge in [-0.05, 0) is 30.5 Å². The summed E-state index contributed by atoms with van der Waals surface area (Å²) in [7, 11) is 0. The van der Waals surface area contributed by atoms with E-state index < -0.39 is 0 Å². The number of hydrogen-bond donors (Lipinski definition) is 1. The zero-order valence-electron chi connectivity index (χ0n) is 13.0. The predicted molar refractivity (Wildman–Crippen MR) is 91.8 cm³/mol. The summed E-state index contributed by atoms with van der Waals surface area (Å²) in [5.41, 5.74) is 2.49. The molecular weight excluding hydrogens is 349 g/mol. The van der Waals surface area contributed by atoms with Crippen molar-refractivity contribution in [2.24, 2.45) is 0 Å². The molecule has 5 nitrogen and oxygen atoms in total. The fourth-order valence-corrected chi connectivity index (χ4v) is 4.12. The van der Waals surface area contributed by atoms with E-state index >= 15 is 0 Å². The first-order valence-electron chi connectivity index (χ1n) is 7.67. The first-order chi connectivity index (χ1) is 11.7. The third-order valence-electron chi connectivity index (χ3n) is 4.20. The highest BCUT2D eigenvalue weighted by atomic mass is 32.2.